The largest absolute Gasteiger partial charge is 0.487 e. The Kier molecular flexibility index (Phi) is 5.06. The Labute approximate surface area is 117 Å². The predicted molar refractivity (Wildman–Crippen MR) is 71.8 cm³/mol. The van der Waals surface area contributed by atoms with Gasteiger partial charge in [-0.2, -0.15) is 0 Å². The van der Waals surface area contributed by atoms with E-state index in [1.54, 1.807) is 6.92 Å². The van der Waals surface area contributed by atoms with E-state index in [1.807, 2.05) is 6.07 Å². The second-order valence-electron chi connectivity index (χ2n) is 4.56. The monoisotopic (exact) mass is 279 g/mol. The summed E-state index contributed by atoms with van der Waals surface area (Å²) in [5.74, 6) is 0.159. The highest BCUT2D eigenvalue weighted by molar-refractivity contribution is 5.29. The van der Waals surface area contributed by atoms with Crippen LogP contribution in [0.4, 0.5) is 4.39 Å². The molecule has 1 heterocycles. The highest BCUT2D eigenvalue weighted by atomic mass is 19.1. The van der Waals surface area contributed by atoms with E-state index in [1.165, 1.54) is 12.1 Å². The molecule has 0 bridgehead atoms. The fraction of sp³-hybridized carbons (Fsp3) is 0.429. The van der Waals surface area contributed by atoms with Crippen LogP contribution < -0.4 is 10.1 Å². The summed E-state index contributed by atoms with van der Waals surface area (Å²) in [6.07, 6.45) is 1.04. The Hall–Kier alpha value is -1.95. The van der Waals surface area contributed by atoms with Crippen molar-refractivity contribution in [3.63, 3.8) is 0 Å². The lowest BCUT2D eigenvalue weighted by Crippen LogP contribution is -2.14. The van der Waals surface area contributed by atoms with Crippen LogP contribution in [0, 0.1) is 12.7 Å². The zero-order valence-electron chi connectivity index (χ0n) is 11.6. The smallest absolute Gasteiger partial charge is 0.145 e. The average molecular weight is 279 g/mol. The molecule has 108 valence electrons. The van der Waals surface area contributed by atoms with Crippen molar-refractivity contribution in [1.82, 2.24) is 15.6 Å². The van der Waals surface area contributed by atoms with Crippen LogP contribution in [0.5, 0.6) is 5.75 Å². The summed E-state index contributed by atoms with van der Waals surface area (Å²) in [6.45, 7) is 5.59. The van der Waals surface area contributed by atoms with Crippen molar-refractivity contribution < 1.29 is 13.8 Å². The van der Waals surface area contributed by atoms with Crippen LogP contribution >= 0.6 is 0 Å². The first kappa shape index (κ1) is 14.5. The summed E-state index contributed by atoms with van der Waals surface area (Å²) < 4.78 is 23.6. The molecule has 0 atom stereocenters. The fourth-order valence-corrected chi connectivity index (χ4v) is 1.75. The molecule has 0 saturated heterocycles. The number of ether oxygens (including phenoxy) is 1. The number of nitrogens with zero attached hydrogens (tertiary/aromatic N) is 2. The minimum Gasteiger partial charge on any atom is -0.487 e. The first-order chi connectivity index (χ1) is 9.69. The van der Waals surface area contributed by atoms with Gasteiger partial charge in [0.25, 0.3) is 0 Å². The van der Waals surface area contributed by atoms with Crippen LogP contribution in [-0.4, -0.2) is 16.9 Å². The molecule has 2 aromatic rings. The highest BCUT2D eigenvalue weighted by Gasteiger charge is 2.07. The molecule has 0 fully saturated rings. The van der Waals surface area contributed by atoms with Gasteiger partial charge in [0.1, 0.15) is 29.6 Å². The molecule has 6 heteroatoms. The van der Waals surface area contributed by atoms with Crippen LogP contribution in [0.3, 0.4) is 0 Å². The van der Waals surface area contributed by atoms with Gasteiger partial charge in [0, 0.05) is 12.6 Å². The van der Waals surface area contributed by atoms with Gasteiger partial charge in [-0.3, -0.25) is 0 Å². The first-order valence-corrected chi connectivity index (χ1v) is 6.60. The molecule has 1 N–H and O–H groups in total. The van der Waals surface area contributed by atoms with Gasteiger partial charge in [-0.05, 0) is 37.6 Å². The van der Waals surface area contributed by atoms with Crippen molar-refractivity contribution in [3.05, 3.63) is 41.0 Å². The molecule has 0 aliphatic heterocycles. The summed E-state index contributed by atoms with van der Waals surface area (Å²) in [7, 11) is 0. The van der Waals surface area contributed by atoms with E-state index in [0.717, 1.165) is 18.5 Å². The maximum absolute atomic E-state index is 13.5. The molecule has 20 heavy (non-hydrogen) atoms. The Morgan fingerprint density at radius 3 is 2.85 bits per heavy atom. The van der Waals surface area contributed by atoms with Gasteiger partial charge in [0.2, 0.25) is 0 Å². The third kappa shape index (κ3) is 4.03. The van der Waals surface area contributed by atoms with Crippen molar-refractivity contribution in [3.8, 4) is 5.75 Å². The summed E-state index contributed by atoms with van der Waals surface area (Å²) in [5.41, 5.74) is 2.13. The molecule has 5 nitrogen and oxygen atoms in total. The minimum atomic E-state index is -0.314. The maximum atomic E-state index is 13.5. The number of aryl methyl sites for hydroxylation is 1. The molecule has 1 aromatic carbocycles. The number of rotatable bonds is 7. The molecule has 0 aliphatic rings. The van der Waals surface area contributed by atoms with E-state index in [4.69, 9.17) is 4.74 Å². The molecule has 0 spiro atoms. The summed E-state index contributed by atoms with van der Waals surface area (Å²) in [5, 5.41) is 10.6. The zero-order chi connectivity index (χ0) is 14.4. The van der Waals surface area contributed by atoms with Crippen molar-refractivity contribution in [2.24, 2.45) is 0 Å². The maximum Gasteiger partial charge on any atom is 0.145 e. The van der Waals surface area contributed by atoms with Gasteiger partial charge in [-0.1, -0.05) is 17.2 Å². The molecule has 0 saturated carbocycles. The number of halogens is 1. The first-order valence-electron chi connectivity index (χ1n) is 6.60. The van der Waals surface area contributed by atoms with Crippen molar-refractivity contribution in [2.75, 3.05) is 6.54 Å². The Balaban J connectivity index is 1.98. The minimum absolute atomic E-state index is 0.209. The number of nitrogens with one attached hydrogen (secondary N) is 1. The van der Waals surface area contributed by atoms with Gasteiger partial charge in [0.15, 0.2) is 0 Å². The standard InChI is InChI=1S/C14H18FN3O2/c1-3-4-16-8-11-5-12(15)7-13(6-11)19-9-14-10(2)17-20-18-14/h5-7,16H,3-4,8-9H2,1-2H3. The fourth-order valence-electron chi connectivity index (χ4n) is 1.75. The molecule has 1 aromatic heterocycles. The predicted octanol–water partition coefficient (Wildman–Crippen LogP) is 2.60. The molecular formula is C14H18FN3O2. The lowest BCUT2D eigenvalue weighted by Gasteiger charge is -2.08. The topological polar surface area (TPSA) is 60.2 Å². The zero-order valence-corrected chi connectivity index (χ0v) is 11.6. The third-order valence-electron chi connectivity index (χ3n) is 2.81. The average Bonchev–Trinajstić information content (AvgIpc) is 2.82. The third-order valence-corrected chi connectivity index (χ3v) is 2.81. The number of benzene rings is 1. The van der Waals surface area contributed by atoms with Gasteiger partial charge in [-0.15, -0.1) is 0 Å². The second kappa shape index (κ2) is 7.00. The molecule has 0 radical (unpaired) electrons. The van der Waals surface area contributed by atoms with E-state index in [-0.39, 0.29) is 12.4 Å². The number of aromatic nitrogens is 2. The van der Waals surface area contributed by atoms with Crippen molar-refractivity contribution in [2.45, 2.75) is 33.4 Å². The number of hydrogen-bond acceptors (Lipinski definition) is 5. The SMILES string of the molecule is CCCNCc1cc(F)cc(OCc2nonc2C)c1. The lowest BCUT2D eigenvalue weighted by atomic mass is 10.2. The van der Waals surface area contributed by atoms with E-state index in [9.17, 15) is 4.39 Å². The molecule has 0 unspecified atom stereocenters. The van der Waals surface area contributed by atoms with Crippen molar-refractivity contribution in [1.29, 1.82) is 0 Å². The van der Waals surface area contributed by atoms with Crippen LogP contribution in [0.15, 0.2) is 22.8 Å². The highest BCUT2D eigenvalue weighted by Crippen LogP contribution is 2.18. The summed E-state index contributed by atoms with van der Waals surface area (Å²) in [4.78, 5) is 0. The summed E-state index contributed by atoms with van der Waals surface area (Å²) >= 11 is 0. The van der Waals surface area contributed by atoms with E-state index >= 15 is 0 Å². The van der Waals surface area contributed by atoms with E-state index in [2.05, 4.69) is 27.2 Å². The second-order valence-corrected chi connectivity index (χ2v) is 4.56. The van der Waals surface area contributed by atoms with E-state index < -0.39 is 0 Å². The van der Waals surface area contributed by atoms with Gasteiger partial charge in [0.05, 0.1) is 0 Å². The Morgan fingerprint density at radius 1 is 1.30 bits per heavy atom. The van der Waals surface area contributed by atoms with Crippen LogP contribution in [-0.2, 0) is 13.2 Å². The molecule has 2 rings (SSSR count). The molecule has 0 amide bonds. The quantitative estimate of drug-likeness (QED) is 0.789. The van der Waals surface area contributed by atoms with Crippen LogP contribution in [0.2, 0.25) is 0 Å². The Morgan fingerprint density at radius 2 is 2.15 bits per heavy atom. The molecule has 0 aliphatic carbocycles. The lowest BCUT2D eigenvalue weighted by molar-refractivity contribution is 0.269. The molecular weight excluding hydrogens is 261 g/mol. The normalized spacial score (nSPS) is 10.8. The summed E-state index contributed by atoms with van der Waals surface area (Å²) in [6, 6.07) is 4.67. The Bertz CT molecular complexity index is 557. The van der Waals surface area contributed by atoms with Crippen LogP contribution in [0.25, 0.3) is 0 Å². The van der Waals surface area contributed by atoms with Crippen LogP contribution in [0.1, 0.15) is 30.3 Å². The van der Waals surface area contributed by atoms with Crippen molar-refractivity contribution >= 4 is 0 Å². The van der Waals surface area contributed by atoms with Gasteiger partial charge in [-0.25, -0.2) is 9.02 Å². The van der Waals surface area contributed by atoms with Gasteiger partial charge < -0.3 is 10.1 Å². The van der Waals surface area contributed by atoms with E-state index in [0.29, 0.717) is 23.7 Å². The number of hydrogen-bond donors (Lipinski definition) is 1. The van der Waals surface area contributed by atoms with Gasteiger partial charge >= 0.3 is 0 Å².